The molecular weight excluding hydrogens is 474 g/mol. The van der Waals surface area contributed by atoms with Crippen LogP contribution in [0.5, 0.6) is 11.5 Å². The topological polar surface area (TPSA) is 73.6 Å². The van der Waals surface area contributed by atoms with Crippen molar-refractivity contribution in [2.45, 2.75) is 26.7 Å². The summed E-state index contributed by atoms with van der Waals surface area (Å²) in [4.78, 5) is 9.44. The molecule has 4 rings (SSSR count). The number of piperazine rings is 1. The Morgan fingerprint density at radius 1 is 1.14 bits per heavy atom. The van der Waals surface area contributed by atoms with Crippen molar-refractivity contribution in [3.8, 4) is 17.6 Å². The molecule has 0 saturated carbocycles. The molecule has 2 heterocycles. The lowest BCUT2D eigenvalue weighted by atomic mass is 10.0. The molecule has 0 radical (unpaired) electrons. The predicted octanol–water partition coefficient (Wildman–Crippen LogP) is 5.40. The molecule has 0 aliphatic carbocycles. The van der Waals surface area contributed by atoms with Crippen molar-refractivity contribution in [1.82, 2.24) is 14.8 Å². The van der Waals surface area contributed by atoms with E-state index in [2.05, 4.69) is 46.2 Å². The summed E-state index contributed by atoms with van der Waals surface area (Å²) in [5.74, 6) is 1.43. The average Bonchev–Trinajstić information content (AvgIpc) is 2.88. The first-order chi connectivity index (χ1) is 17.4. The molecule has 1 aliphatic heterocycles. The van der Waals surface area contributed by atoms with Crippen molar-refractivity contribution in [3.63, 3.8) is 0 Å². The van der Waals surface area contributed by atoms with Crippen molar-refractivity contribution in [1.29, 1.82) is 5.26 Å². The average molecular weight is 508 g/mol. The maximum atomic E-state index is 9.81. The number of nitrogens with one attached hydrogen (secondary N) is 1. The van der Waals surface area contributed by atoms with E-state index < -0.39 is 0 Å². The minimum Gasteiger partial charge on any atom is -0.495 e. The third kappa shape index (κ3) is 5.84. The third-order valence-electron chi connectivity index (χ3n) is 6.78. The molecule has 0 amide bonds. The molecule has 1 fully saturated rings. The lowest BCUT2D eigenvalue weighted by Crippen LogP contribution is -2.44. The number of halogens is 1. The van der Waals surface area contributed by atoms with Gasteiger partial charge < -0.3 is 24.6 Å². The lowest BCUT2D eigenvalue weighted by molar-refractivity contribution is 0.145. The molecule has 190 valence electrons. The van der Waals surface area contributed by atoms with Gasteiger partial charge >= 0.3 is 0 Å². The molecule has 1 N–H and O–H groups in total. The summed E-state index contributed by atoms with van der Waals surface area (Å²) in [6, 6.07) is 10.1. The molecule has 0 spiro atoms. The number of nitrogens with zero attached hydrogens (tertiary/aromatic N) is 4. The largest absolute Gasteiger partial charge is 0.495 e. The predicted molar refractivity (Wildman–Crippen MR) is 146 cm³/mol. The van der Waals surface area contributed by atoms with E-state index in [1.807, 2.05) is 25.1 Å². The highest BCUT2D eigenvalue weighted by Gasteiger charge is 2.16. The number of rotatable bonds is 9. The van der Waals surface area contributed by atoms with Crippen molar-refractivity contribution < 1.29 is 9.47 Å². The Hall–Kier alpha value is -3.05. The van der Waals surface area contributed by atoms with Crippen LogP contribution in [0.2, 0.25) is 5.02 Å². The SMILES string of the molecule is CCc1cc2c(Nc3cc(OC)c(Cl)cc3C)c(C#N)cnc2cc1OCCCN1CCN(C)CC1. The molecule has 1 aliphatic rings. The first-order valence-corrected chi connectivity index (χ1v) is 12.8. The van der Waals surface area contributed by atoms with Crippen LogP contribution < -0.4 is 14.8 Å². The summed E-state index contributed by atoms with van der Waals surface area (Å²) >= 11 is 6.28. The Kier molecular flexibility index (Phi) is 8.52. The number of hydrogen-bond donors (Lipinski definition) is 1. The van der Waals surface area contributed by atoms with Crippen molar-refractivity contribution >= 4 is 33.9 Å². The van der Waals surface area contributed by atoms with Gasteiger partial charge in [0.1, 0.15) is 17.6 Å². The van der Waals surface area contributed by atoms with Gasteiger partial charge in [0, 0.05) is 62.1 Å². The molecule has 36 heavy (non-hydrogen) atoms. The van der Waals surface area contributed by atoms with E-state index in [1.54, 1.807) is 13.3 Å². The summed E-state index contributed by atoms with van der Waals surface area (Å²) in [7, 11) is 3.76. The van der Waals surface area contributed by atoms with Crippen LogP contribution in [0.3, 0.4) is 0 Å². The van der Waals surface area contributed by atoms with Gasteiger partial charge in [-0.25, -0.2) is 0 Å². The lowest BCUT2D eigenvalue weighted by Gasteiger charge is -2.32. The molecular formula is C28H34ClN5O2. The van der Waals surface area contributed by atoms with Gasteiger partial charge in [-0.1, -0.05) is 18.5 Å². The van der Waals surface area contributed by atoms with Gasteiger partial charge in [-0.2, -0.15) is 5.26 Å². The first kappa shape index (κ1) is 26.0. The second kappa shape index (κ2) is 11.8. The number of pyridine rings is 1. The molecule has 0 unspecified atom stereocenters. The Morgan fingerprint density at radius 2 is 1.92 bits per heavy atom. The summed E-state index contributed by atoms with van der Waals surface area (Å²) in [6.07, 6.45) is 3.40. The van der Waals surface area contributed by atoms with Crippen molar-refractivity contribution in [3.05, 3.63) is 52.2 Å². The number of aryl methyl sites for hydroxylation is 2. The van der Waals surface area contributed by atoms with Crippen LogP contribution in [0.1, 0.15) is 30.0 Å². The van der Waals surface area contributed by atoms with E-state index in [-0.39, 0.29) is 0 Å². The monoisotopic (exact) mass is 507 g/mol. The fraction of sp³-hybridized carbons (Fsp3) is 0.429. The van der Waals surface area contributed by atoms with Crippen LogP contribution in [0, 0.1) is 18.3 Å². The Balaban J connectivity index is 1.57. The Morgan fingerprint density at radius 3 is 2.61 bits per heavy atom. The summed E-state index contributed by atoms with van der Waals surface area (Å²) < 4.78 is 11.6. The molecule has 0 bridgehead atoms. The molecule has 2 aromatic carbocycles. The number of aromatic nitrogens is 1. The zero-order valence-electron chi connectivity index (χ0n) is 21.5. The van der Waals surface area contributed by atoms with Gasteiger partial charge in [-0.3, -0.25) is 4.98 Å². The first-order valence-electron chi connectivity index (χ1n) is 12.4. The van der Waals surface area contributed by atoms with E-state index in [9.17, 15) is 5.26 Å². The summed E-state index contributed by atoms with van der Waals surface area (Å²) in [5.41, 5.74) is 4.83. The van der Waals surface area contributed by atoms with Crippen LogP contribution in [-0.4, -0.2) is 68.3 Å². The Bertz CT molecular complexity index is 1270. The standard InChI is InChI=1S/C28H34ClN5O2/c1-5-20-14-22-25(16-26(20)36-12-6-7-34-10-8-33(3)9-11-34)31-18-21(17-30)28(22)32-24-15-27(35-4)23(29)13-19(24)2/h13-16,18H,5-12H2,1-4H3,(H,31,32). The van der Waals surface area contributed by atoms with Crippen LogP contribution in [0.25, 0.3) is 10.9 Å². The molecule has 1 aromatic heterocycles. The zero-order chi connectivity index (χ0) is 25.7. The van der Waals surface area contributed by atoms with Gasteiger partial charge in [-0.05, 0) is 50.1 Å². The van der Waals surface area contributed by atoms with Gasteiger partial charge in [0.15, 0.2) is 0 Å². The van der Waals surface area contributed by atoms with E-state index in [1.165, 1.54) is 0 Å². The highest BCUT2D eigenvalue weighted by atomic mass is 35.5. The number of fused-ring (bicyclic) bond motifs is 1. The number of methoxy groups -OCH3 is 1. The van der Waals surface area contributed by atoms with Gasteiger partial charge in [0.05, 0.1) is 35.5 Å². The van der Waals surface area contributed by atoms with E-state index in [0.29, 0.717) is 28.6 Å². The second-order valence-electron chi connectivity index (χ2n) is 9.26. The van der Waals surface area contributed by atoms with Crippen LogP contribution in [0.4, 0.5) is 11.4 Å². The van der Waals surface area contributed by atoms with E-state index in [0.717, 1.165) is 79.0 Å². The van der Waals surface area contributed by atoms with Crippen LogP contribution in [-0.2, 0) is 6.42 Å². The van der Waals surface area contributed by atoms with Crippen molar-refractivity contribution in [2.75, 3.05) is 58.8 Å². The van der Waals surface area contributed by atoms with Crippen LogP contribution in [0.15, 0.2) is 30.5 Å². The maximum Gasteiger partial charge on any atom is 0.139 e. The highest BCUT2D eigenvalue weighted by molar-refractivity contribution is 6.32. The zero-order valence-corrected chi connectivity index (χ0v) is 22.3. The number of ether oxygens (including phenoxy) is 2. The van der Waals surface area contributed by atoms with Crippen molar-refractivity contribution in [2.24, 2.45) is 0 Å². The molecule has 7 nitrogen and oxygen atoms in total. The fourth-order valence-corrected chi connectivity index (χ4v) is 4.81. The van der Waals surface area contributed by atoms with Gasteiger partial charge in [-0.15, -0.1) is 0 Å². The quantitative estimate of drug-likeness (QED) is 0.389. The third-order valence-corrected chi connectivity index (χ3v) is 7.08. The Labute approximate surface area is 218 Å². The van der Waals surface area contributed by atoms with E-state index in [4.69, 9.17) is 21.1 Å². The maximum absolute atomic E-state index is 9.81. The normalized spacial score (nSPS) is 14.6. The number of hydrogen-bond acceptors (Lipinski definition) is 7. The minimum atomic E-state index is 0.471. The van der Waals surface area contributed by atoms with Gasteiger partial charge in [0.2, 0.25) is 0 Å². The summed E-state index contributed by atoms with van der Waals surface area (Å²) in [6.45, 7) is 10.3. The summed E-state index contributed by atoms with van der Waals surface area (Å²) in [5, 5.41) is 14.7. The number of nitriles is 1. The fourth-order valence-electron chi connectivity index (χ4n) is 4.52. The molecule has 0 atom stereocenters. The number of likely N-dealkylation sites (N-methyl/N-ethyl adjacent to an activating group) is 1. The minimum absolute atomic E-state index is 0.471. The van der Waals surface area contributed by atoms with Gasteiger partial charge in [0.25, 0.3) is 0 Å². The van der Waals surface area contributed by atoms with Crippen LogP contribution >= 0.6 is 11.6 Å². The molecule has 3 aromatic rings. The second-order valence-corrected chi connectivity index (χ2v) is 9.67. The number of anilines is 2. The highest BCUT2D eigenvalue weighted by Crippen LogP contribution is 2.37. The van der Waals surface area contributed by atoms with E-state index >= 15 is 0 Å². The molecule has 8 heteroatoms. The number of benzene rings is 2. The molecule has 1 saturated heterocycles. The smallest absolute Gasteiger partial charge is 0.139 e.